The molecule has 2 heterocycles. The molecular formula is C19H11F3N4O5. The van der Waals surface area contributed by atoms with Gasteiger partial charge in [0.15, 0.2) is 5.75 Å². The number of carbonyl (C=O) groups is 1. The van der Waals surface area contributed by atoms with E-state index in [9.17, 15) is 22.8 Å². The van der Waals surface area contributed by atoms with E-state index in [2.05, 4.69) is 24.5 Å². The average molecular weight is 432 g/mol. The number of ether oxygens (including phenoxy) is 2. The van der Waals surface area contributed by atoms with Crippen molar-refractivity contribution in [1.29, 1.82) is 0 Å². The van der Waals surface area contributed by atoms with Crippen molar-refractivity contribution >= 4 is 17.1 Å². The molecule has 0 aliphatic heterocycles. The molecule has 0 spiro atoms. The van der Waals surface area contributed by atoms with Gasteiger partial charge in [0.25, 0.3) is 5.56 Å². The fraction of sp³-hybridized carbons (Fsp3) is 0.0526. The first kappa shape index (κ1) is 19.9. The third-order valence-corrected chi connectivity index (χ3v) is 4.07. The van der Waals surface area contributed by atoms with Gasteiger partial charge in [-0.25, -0.2) is 14.5 Å². The molecule has 4 rings (SSSR count). The van der Waals surface area contributed by atoms with Crippen LogP contribution in [-0.4, -0.2) is 37.4 Å². The van der Waals surface area contributed by atoms with E-state index >= 15 is 0 Å². The molecule has 0 bridgehead atoms. The van der Waals surface area contributed by atoms with E-state index < -0.39 is 18.1 Å². The first-order chi connectivity index (χ1) is 14.7. The van der Waals surface area contributed by atoms with Crippen LogP contribution in [0.5, 0.6) is 11.5 Å². The molecule has 0 amide bonds. The highest BCUT2D eigenvalue weighted by Gasteiger charge is 2.31. The van der Waals surface area contributed by atoms with Crippen molar-refractivity contribution < 1.29 is 32.5 Å². The van der Waals surface area contributed by atoms with E-state index in [0.717, 1.165) is 10.9 Å². The summed E-state index contributed by atoms with van der Waals surface area (Å²) in [5, 5.41) is 12.7. The maximum atomic E-state index is 12.6. The van der Waals surface area contributed by atoms with Crippen LogP contribution in [0, 0.1) is 0 Å². The molecule has 2 N–H and O–H groups in total. The van der Waals surface area contributed by atoms with Crippen molar-refractivity contribution in [1.82, 2.24) is 19.7 Å². The molecule has 0 atom stereocenters. The molecule has 0 fully saturated rings. The number of carboxylic acid groups (broad SMARTS) is 1. The van der Waals surface area contributed by atoms with Gasteiger partial charge in [0.05, 0.1) is 23.3 Å². The molecular weight excluding hydrogens is 421 g/mol. The van der Waals surface area contributed by atoms with E-state index in [4.69, 9.17) is 5.11 Å². The number of benzene rings is 2. The number of rotatable bonds is 4. The monoisotopic (exact) mass is 432 g/mol. The Kier molecular flexibility index (Phi) is 4.81. The maximum Gasteiger partial charge on any atom is 0.573 e. The summed E-state index contributed by atoms with van der Waals surface area (Å²) in [6.07, 6.45) is -3.98. The van der Waals surface area contributed by atoms with Crippen LogP contribution in [0.15, 0.2) is 59.7 Å². The quantitative estimate of drug-likeness (QED) is 0.472. The summed E-state index contributed by atoms with van der Waals surface area (Å²) in [6, 6.07) is 9.96. The predicted molar refractivity (Wildman–Crippen MR) is 100 cm³/mol. The molecule has 0 radical (unpaired) electrons. The molecule has 0 aliphatic rings. The van der Waals surface area contributed by atoms with Crippen LogP contribution in [0.2, 0.25) is 0 Å². The van der Waals surface area contributed by atoms with Gasteiger partial charge in [0.2, 0.25) is 5.95 Å². The Balaban J connectivity index is 1.70. The lowest BCUT2D eigenvalue weighted by Gasteiger charge is -2.10. The third-order valence-electron chi connectivity index (χ3n) is 4.07. The Bertz CT molecular complexity index is 1350. The maximum absolute atomic E-state index is 12.6. The van der Waals surface area contributed by atoms with Crippen LogP contribution in [0.25, 0.3) is 28.0 Å². The SMILES string of the molecule is O=C(O)Oc1cnn(-c2nc3ccc(-c4cccc(OC(F)(F)F)c4)cc3c(=O)[nH]2)c1. The number of halogens is 3. The summed E-state index contributed by atoms with van der Waals surface area (Å²) in [6.45, 7) is 0. The van der Waals surface area contributed by atoms with Gasteiger partial charge in [-0.3, -0.25) is 9.78 Å². The van der Waals surface area contributed by atoms with E-state index in [1.165, 1.54) is 36.5 Å². The summed E-state index contributed by atoms with van der Waals surface area (Å²) in [5.41, 5.74) is 0.660. The van der Waals surface area contributed by atoms with Crippen LogP contribution in [-0.2, 0) is 0 Å². The molecule has 2 aromatic carbocycles. The van der Waals surface area contributed by atoms with Gasteiger partial charge in [-0.15, -0.1) is 13.2 Å². The molecule has 0 saturated heterocycles. The summed E-state index contributed by atoms with van der Waals surface area (Å²) >= 11 is 0. The number of aromatic amines is 1. The molecule has 12 heteroatoms. The largest absolute Gasteiger partial charge is 0.573 e. The summed E-state index contributed by atoms with van der Waals surface area (Å²) < 4.78 is 46.9. The summed E-state index contributed by atoms with van der Waals surface area (Å²) in [7, 11) is 0. The molecule has 0 aliphatic carbocycles. The van der Waals surface area contributed by atoms with Crippen LogP contribution in [0.4, 0.5) is 18.0 Å². The summed E-state index contributed by atoms with van der Waals surface area (Å²) in [5.74, 6) is -0.428. The Morgan fingerprint density at radius 2 is 1.87 bits per heavy atom. The van der Waals surface area contributed by atoms with Crippen LogP contribution in [0.3, 0.4) is 0 Å². The summed E-state index contributed by atoms with van der Waals surface area (Å²) in [4.78, 5) is 29.9. The van der Waals surface area contributed by atoms with Crippen LogP contribution < -0.4 is 15.0 Å². The van der Waals surface area contributed by atoms with Gasteiger partial charge in [0, 0.05) is 0 Å². The zero-order chi connectivity index (χ0) is 22.2. The molecule has 0 unspecified atom stereocenters. The molecule has 158 valence electrons. The number of hydrogen-bond acceptors (Lipinski definition) is 6. The standard InChI is InChI=1S/C19H11F3N4O5/c20-19(21,22)31-12-3-1-2-10(6-12)11-4-5-15-14(7-11)16(27)25-17(24-15)26-9-13(8-23-26)30-18(28)29/h1-9H,(H,28,29)(H,24,25,27). The zero-order valence-electron chi connectivity index (χ0n) is 15.3. The lowest BCUT2D eigenvalue weighted by Crippen LogP contribution is -2.17. The van der Waals surface area contributed by atoms with Crippen molar-refractivity contribution in [3.05, 3.63) is 65.2 Å². The number of hydrogen-bond donors (Lipinski definition) is 2. The van der Waals surface area contributed by atoms with Gasteiger partial charge >= 0.3 is 12.5 Å². The van der Waals surface area contributed by atoms with Gasteiger partial charge in [-0.1, -0.05) is 18.2 Å². The third kappa shape index (κ3) is 4.47. The average Bonchev–Trinajstić information content (AvgIpc) is 3.14. The predicted octanol–water partition coefficient (Wildman–Crippen LogP) is 3.73. The Morgan fingerprint density at radius 3 is 2.61 bits per heavy atom. The highest BCUT2D eigenvalue weighted by atomic mass is 19.4. The van der Waals surface area contributed by atoms with E-state index in [1.807, 2.05) is 0 Å². The van der Waals surface area contributed by atoms with Crippen LogP contribution >= 0.6 is 0 Å². The van der Waals surface area contributed by atoms with Gasteiger partial charge in [0.1, 0.15) is 5.75 Å². The number of fused-ring (bicyclic) bond motifs is 1. The number of alkyl halides is 3. The van der Waals surface area contributed by atoms with Gasteiger partial charge in [-0.2, -0.15) is 5.10 Å². The minimum atomic E-state index is -4.82. The van der Waals surface area contributed by atoms with E-state index in [0.29, 0.717) is 16.6 Å². The van der Waals surface area contributed by atoms with Gasteiger partial charge < -0.3 is 14.6 Å². The highest BCUT2D eigenvalue weighted by molar-refractivity contribution is 5.84. The Hall–Kier alpha value is -4.35. The fourth-order valence-electron chi connectivity index (χ4n) is 2.86. The Labute approximate surface area is 170 Å². The number of aromatic nitrogens is 4. The van der Waals surface area contributed by atoms with Crippen molar-refractivity contribution in [2.75, 3.05) is 0 Å². The number of nitrogens with zero attached hydrogens (tertiary/aromatic N) is 3. The second-order valence-electron chi connectivity index (χ2n) is 6.19. The first-order valence-corrected chi connectivity index (χ1v) is 8.54. The number of H-pyrrole nitrogens is 1. The Morgan fingerprint density at radius 1 is 1.10 bits per heavy atom. The highest BCUT2D eigenvalue weighted by Crippen LogP contribution is 2.29. The first-order valence-electron chi connectivity index (χ1n) is 8.54. The molecule has 0 saturated carbocycles. The van der Waals surface area contributed by atoms with E-state index in [-0.39, 0.29) is 22.8 Å². The fourth-order valence-corrected chi connectivity index (χ4v) is 2.86. The van der Waals surface area contributed by atoms with Gasteiger partial charge in [-0.05, 0) is 35.4 Å². The normalized spacial score (nSPS) is 11.5. The lowest BCUT2D eigenvalue weighted by molar-refractivity contribution is -0.274. The van der Waals surface area contributed by atoms with Crippen LogP contribution in [0.1, 0.15) is 0 Å². The second-order valence-corrected chi connectivity index (χ2v) is 6.19. The van der Waals surface area contributed by atoms with Crippen molar-refractivity contribution in [3.8, 4) is 28.6 Å². The van der Waals surface area contributed by atoms with Crippen molar-refractivity contribution in [3.63, 3.8) is 0 Å². The van der Waals surface area contributed by atoms with Crippen molar-refractivity contribution in [2.45, 2.75) is 6.36 Å². The van der Waals surface area contributed by atoms with Crippen molar-refractivity contribution in [2.24, 2.45) is 0 Å². The molecule has 9 nitrogen and oxygen atoms in total. The minimum Gasteiger partial charge on any atom is -0.449 e. The second kappa shape index (κ2) is 7.48. The smallest absolute Gasteiger partial charge is 0.449 e. The minimum absolute atomic E-state index is 0.0195. The topological polar surface area (TPSA) is 119 Å². The van der Waals surface area contributed by atoms with E-state index in [1.54, 1.807) is 12.1 Å². The molecule has 31 heavy (non-hydrogen) atoms. The lowest BCUT2D eigenvalue weighted by atomic mass is 10.0. The zero-order valence-corrected chi connectivity index (χ0v) is 15.3. The molecule has 4 aromatic rings. The number of nitrogens with one attached hydrogen (secondary N) is 1. The molecule has 2 aromatic heterocycles.